The number of carbonyl (C=O) groups excluding carboxylic acids is 3. The van der Waals surface area contributed by atoms with Gasteiger partial charge in [0.1, 0.15) is 0 Å². The van der Waals surface area contributed by atoms with E-state index >= 15 is 0 Å². The van der Waals surface area contributed by atoms with Gasteiger partial charge in [-0.05, 0) is 45.0 Å². The zero-order chi connectivity index (χ0) is 19.1. The molecule has 6 nitrogen and oxygen atoms in total. The Morgan fingerprint density at radius 2 is 1.54 bits per heavy atom. The van der Waals surface area contributed by atoms with Gasteiger partial charge in [-0.3, -0.25) is 10.1 Å². The Labute approximate surface area is 152 Å². The molecule has 0 aliphatic carbocycles. The fourth-order valence-electron chi connectivity index (χ4n) is 2.21. The van der Waals surface area contributed by atoms with Crippen LogP contribution in [0.2, 0.25) is 0 Å². The summed E-state index contributed by atoms with van der Waals surface area (Å²) in [4.78, 5) is 35.9. The molecular weight excluding hydrogens is 334 g/mol. The summed E-state index contributed by atoms with van der Waals surface area (Å²) in [6.07, 6.45) is -1.47. The minimum absolute atomic E-state index is 0.265. The van der Waals surface area contributed by atoms with Crippen molar-refractivity contribution >= 4 is 23.5 Å². The number of rotatable bonds is 6. The van der Waals surface area contributed by atoms with Crippen LogP contribution in [0.25, 0.3) is 0 Å². The molecule has 2 aromatic carbocycles. The van der Waals surface area contributed by atoms with E-state index < -0.39 is 18.2 Å². The van der Waals surface area contributed by atoms with Gasteiger partial charge in [0.15, 0.2) is 6.10 Å². The zero-order valence-corrected chi connectivity index (χ0v) is 14.9. The number of esters is 1. The predicted octanol–water partition coefficient (Wildman–Crippen LogP) is 3.99. The smallest absolute Gasteiger partial charge is 0.411 e. The molecule has 26 heavy (non-hydrogen) atoms. The second-order valence-corrected chi connectivity index (χ2v) is 5.70. The Bertz CT molecular complexity index is 781. The van der Waals surface area contributed by atoms with Crippen LogP contribution in [0, 0.1) is 6.92 Å². The van der Waals surface area contributed by atoms with E-state index in [1.807, 2.05) is 19.1 Å². The third kappa shape index (κ3) is 5.17. The van der Waals surface area contributed by atoms with Crippen LogP contribution in [-0.4, -0.2) is 30.6 Å². The van der Waals surface area contributed by atoms with Crippen LogP contribution in [0.3, 0.4) is 0 Å². The van der Waals surface area contributed by atoms with Crippen molar-refractivity contribution in [2.75, 3.05) is 11.9 Å². The molecule has 2 rings (SSSR count). The standard InChI is InChI=1S/C20H21NO5/c1-4-25-20(24)21-17-11-9-16(10-12-17)19(23)26-14(3)18(22)15-7-5-13(2)6-8-15/h5-12,14H,4H2,1-3H3,(H,21,24). The van der Waals surface area contributed by atoms with Gasteiger partial charge in [-0.2, -0.15) is 0 Å². The lowest BCUT2D eigenvalue weighted by Crippen LogP contribution is -2.24. The molecule has 1 unspecified atom stereocenters. The van der Waals surface area contributed by atoms with Crippen LogP contribution in [0.15, 0.2) is 48.5 Å². The van der Waals surface area contributed by atoms with E-state index in [0.29, 0.717) is 11.3 Å². The SMILES string of the molecule is CCOC(=O)Nc1ccc(C(=O)OC(C)C(=O)c2ccc(C)cc2)cc1. The minimum atomic E-state index is -0.900. The molecule has 6 heteroatoms. The molecule has 0 saturated heterocycles. The van der Waals surface area contributed by atoms with E-state index in [1.165, 1.54) is 19.1 Å². The molecule has 0 radical (unpaired) electrons. The van der Waals surface area contributed by atoms with Crippen LogP contribution in [0.1, 0.15) is 40.1 Å². The fourth-order valence-corrected chi connectivity index (χ4v) is 2.21. The van der Waals surface area contributed by atoms with E-state index in [9.17, 15) is 14.4 Å². The van der Waals surface area contributed by atoms with E-state index in [2.05, 4.69) is 5.32 Å². The second kappa shape index (κ2) is 8.80. The number of ketones is 1. The lowest BCUT2D eigenvalue weighted by Gasteiger charge is -2.13. The van der Waals surface area contributed by atoms with Crippen molar-refractivity contribution in [2.45, 2.75) is 26.9 Å². The molecule has 0 saturated carbocycles. The van der Waals surface area contributed by atoms with Gasteiger partial charge in [0.25, 0.3) is 0 Å². The summed E-state index contributed by atoms with van der Waals surface area (Å²) in [7, 11) is 0. The number of carbonyl (C=O) groups is 3. The topological polar surface area (TPSA) is 81.7 Å². The molecule has 2 aromatic rings. The summed E-state index contributed by atoms with van der Waals surface area (Å²) < 4.78 is 10.0. The van der Waals surface area contributed by atoms with Crippen molar-refractivity contribution < 1.29 is 23.9 Å². The number of anilines is 1. The van der Waals surface area contributed by atoms with Crippen molar-refractivity contribution in [1.29, 1.82) is 0 Å². The van der Waals surface area contributed by atoms with Crippen LogP contribution in [0.5, 0.6) is 0 Å². The van der Waals surface area contributed by atoms with Gasteiger partial charge in [0, 0.05) is 11.3 Å². The van der Waals surface area contributed by atoms with Crippen molar-refractivity contribution in [1.82, 2.24) is 0 Å². The maximum Gasteiger partial charge on any atom is 0.411 e. The monoisotopic (exact) mass is 355 g/mol. The minimum Gasteiger partial charge on any atom is -0.451 e. The maximum absolute atomic E-state index is 12.3. The van der Waals surface area contributed by atoms with Crippen LogP contribution in [0.4, 0.5) is 10.5 Å². The highest BCUT2D eigenvalue weighted by Gasteiger charge is 2.20. The summed E-state index contributed by atoms with van der Waals surface area (Å²) in [6, 6.07) is 13.2. The first-order valence-corrected chi connectivity index (χ1v) is 8.26. The molecular formula is C20H21NO5. The normalized spacial score (nSPS) is 11.3. The first-order valence-electron chi connectivity index (χ1n) is 8.26. The van der Waals surface area contributed by atoms with Gasteiger partial charge >= 0.3 is 12.1 Å². The van der Waals surface area contributed by atoms with E-state index in [-0.39, 0.29) is 18.0 Å². The third-order valence-corrected chi connectivity index (χ3v) is 3.63. The van der Waals surface area contributed by atoms with Gasteiger partial charge in [0.05, 0.1) is 12.2 Å². The first-order chi connectivity index (χ1) is 12.4. The highest BCUT2D eigenvalue weighted by Crippen LogP contribution is 2.14. The lowest BCUT2D eigenvalue weighted by molar-refractivity contribution is 0.0319. The Morgan fingerprint density at radius 3 is 2.12 bits per heavy atom. The zero-order valence-electron chi connectivity index (χ0n) is 14.9. The average Bonchev–Trinajstić information content (AvgIpc) is 2.62. The molecule has 1 N–H and O–H groups in total. The molecule has 0 aromatic heterocycles. The summed E-state index contributed by atoms with van der Waals surface area (Å²) >= 11 is 0. The fraction of sp³-hybridized carbons (Fsp3) is 0.250. The van der Waals surface area contributed by atoms with Crippen LogP contribution in [-0.2, 0) is 9.47 Å². The van der Waals surface area contributed by atoms with E-state index in [0.717, 1.165) is 5.56 Å². The molecule has 0 bridgehead atoms. The Balaban J connectivity index is 1.97. The van der Waals surface area contributed by atoms with Gasteiger partial charge < -0.3 is 9.47 Å². The van der Waals surface area contributed by atoms with Crippen molar-refractivity contribution in [3.63, 3.8) is 0 Å². The highest BCUT2D eigenvalue weighted by atomic mass is 16.6. The number of aryl methyl sites for hydroxylation is 1. The third-order valence-electron chi connectivity index (χ3n) is 3.63. The first kappa shape index (κ1) is 19.2. The molecule has 0 fully saturated rings. The Morgan fingerprint density at radius 1 is 0.962 bits per heavy atom. The summed E-state index contributed by atoms with van der Waals surface area (Å²) in [5.74, 6) is -0.875. The van der Waals surface area contributed by atoms with E-state index in [1.54, 1.807) is 31.2 Å². The lowest BCUT2D eigenvalue weighted by atomic mass is 10.1. The Kier molecular flexibility index (Phi) is 6.49. The number of benzene rings is 2. The molecule has 0 spiro atoms. The van der Waals surface area contributed by atoms with Crippen molar-refractivity contribution in [3.05, 3.63) is 65.2 Å². The predicted molar refractivity (Wildman–Crippen MR) is 97.5 cm³/mol. The number of nitrogens with one attached hydrogen (secondary N) is 1. The molecule has 1 amide bonds. The van der Waals surface area contributed by atoms with E-state index in [4.69, 9.17) is 9.47 Å². The van der Waals surface area contributed by atoms with Gasteiger partial charge in [-0.25, -0.2) is 9.59 Å². The summed E-state index contributed by atoms with van der Waals surface area (Å²) in [5.41, 5.74) is 2.30. The molecule has 1 atom stereocenters. The maximum atomic E-state index is 12.3. The van der Waals surface area contributed by atoms with Gasteiger partial charge in [-0.1, -0.05) is 29.8 Å². The molecule has 0 aliphatic heterocycles. The number of ether oxygens (including phenoxy) is 2. The quantitative estimate of drug-likeness (QED) is 0.626. The number of Topliss-reactive ketones (excluding diaryl/α,β-unsaturated/α-hetero) is 1. The van der Waals surface area contributed by atoms with Crippen LogP contribution < -0.4 is 5.32 Å². The average molecular weight is 355 g/mol. The number of amides is 1. The van der Waals surface area contributed by atoms with Gasteiger partial charge in [-0.15, -0.1) is 0 Å². The molecule has 0 aliphatic rings. The van der Waals surface area contributed by atoms with Gasteiger partial charge in [0.2, 0.25) is 5.78 Å². The Hall–Kier alpha value is -3.15. The molecule has 0 heterocycles. The highest BCUT2D eigenvalue weighted by molar-refractivity contribution is 6.01. The second-order valence-electron chi connectivity index (χ2n) is 5.70. The number of hydrogen-bond donors (Lipinski definition) is 1. The van der Waals surface area contributed by atoms with Crippen LogP contribution >= 0.6 is 0 Å². The largest absolute Gasteiger partial charge is 0.451 e. The summed E-state index contributed by atoms with van der Waals surface area (Å²) in [5, 5.41) is 2.53. The van der Waals surface area contributed by atoms with Crippen molar-refractivity contribution in [3.8, 4) is 0 Å². The van der Waals surface area contributed by atoms with Crippen molar-refractivity contribution in [2.24, 2.45) is 0 Å². The number of hydrogen-bond acceptors (Lipinski definition) is 5. The summed E-state index contributed by atoms with van der Waals surface area (Å²) in [6.45, 7) is 5.44. The molecule has 136 valence electrons.